The number of nitrogens with zero attached hydrogens (tertiary/aromatic N) is 3. The predicted octanol–water partition coefficient (Wildman–Crippen LogP) is 3.19. The van der Waals surface area contributed by atoms with Crippen LogP contribution in [0.4, 0.5) is 11.6 Å². The molecule has 0 fully saturated rings. The molecule has 1 aliphatic rings. The van der Waals surface area contributed by atoms with E-state index in [0.717, 1.165) is 11.1 Å². The maximum atomic E-state index is 12.2. The third-order valence-electron chi connectivity index (χ3n) is 4.67. The molecule has 8 nitrogen and oxygen atoms in total. The summed E-state index contributed by atoms with van der Waals surface area (Å²) in [6.07, 6.45) is 1.68. The number of fused-ring (bicyclic) bond motifs is 1. The molecule has 0 spiro atoms. The number of hydrogen-bond donors (Lipinski definition) is 2. The molecule has 2 aromatic carbocycles. The van der Waals surface area contributed by atoms with Gasteiger partial charge in [0.05, 0.1) is 12.5 Å². The van der Waals surface area contributed by atoms with Crippen molar-refractivity contribution in [1.29, 1.82) is 0 Å². The monoisotopic (exact) mass is 411 g/mol. The Balaban J connectivity index is 1.39. The molecule has 1 aromatic heterocycles. The van der Waals surface area contributed by atoms with E-state index in [1.54, 1.807) is 35.0 Å². The zero-order chi connectivity index (χ0) is 20.4. The summed E-state index contributed by atoms with van der Waals surface area (Å²) in [5.41, 5.74) is 2.36. The molecule has 2 N–H and O–H groups in total. The van der Waals surface area contributed by atoms with Crippen LogP contribution in [0.1, 0.15) is 23.6 Å². The van der Waals surface area contributed by atoms with Crippen molar-refractivity contribution in [2.75, 3.05) is 17.2 Å². The molecule has 2 amide bonds. The van der Waals surface area contributed by atoms with Gasteiger partial charge in [0.25, 0.3) is 5.91 Å². The van der Waals surface area contributed by atoms with Gasteiger partial charge >= 0.3 is 0 Å². The molecule has 148 valence electrons. The summed E-state index contributed by atoms with van der Waals surface area (Å²) in [5.74, 6) is 0.588. The summed E-state index contributed by atoms with van der Waals surface area (Å²) >= 11 is 6.06. The fourth-order valence-electron chi connectivity index (χ4n) is 3.13. The molecular weight excluding hydrogens is 394 g/mol. The van der Waals surface area contributed by atoms with E-state index in [1.807, 2.05) is 19.1 Å². The summed E-state index contributed by atoms with van der Waals surface area (Å²) in [5, 5.41) is 10.2. The van der Waals surface area contributed by atoms with E-state index in [1.165, 1.54) is 6.33 Å². The molecule has 29 heavy (non-hydrogen) atoms. The van der Waals surface area contributed by atoms with Crippen LogP contribution in [0.5, 0.6) is 5.75 Å². The summed E-state index contributed by atoms with van der Waals surface area (Å²) in [6.45, 7) is 1.70. The first-order valence-corrected chi connectivity index (χ1v) is 9.36. The van der Waals surface area contributed by atoms with Crippen molar-refractivity contribution in [1.82, 2.24) is 14.8 Å². The smallest absolute Gasteiger partial charge is 0.262 e. The lowest BCUT2D eigenvalue weighted by Gasteiger charge is -2.23. The summed E-state index contributed by atoms with van der Waals surface area (Å²) in [7, 11) is 0. The SMILES string of the molecule is Cc1c(Cl)cccc1NC(=O)COc1ccc([C@H]2CC(=O)Nc3ncnn32)cc1. The molecule has 0 radical (unpaired) electrons. The van der Waals surface area contributed by atoms with Crippen molar-refractivity contribution < 1.29 is 14.3 Å². The summed E-state index contributed by atoms with van der Waals surface area (Å²) < 4.78 is 7.25. The number of carbonyl (C=O) groups is 2. The Morgan fingerprint density at radius 1 is 1.31 bits per heavy atom. The molecule has 0 aliphatic carbocycles. The first-order chi connectivity index (χ1) is 14.0. The molecule has 9 heteroatoms. The highest BCUT2D eigenvalue weighted by Crippen LogP contribution is 2.29. The Morgan fingerprint density at radius 2 is 2.10 bits per heavy atom. The number of halogens is 1. The Hall–Kier alpha value is -3.39. The fourth-order valence-corrected chi connectivity index (χ4v) is 3.30. The highest BCUT2D eigenvalue weighted by Gasteiger charge is 2.27. The van der Waals surface area contributed by atoms with E-state index in [4.69, 9.17) is 16.3 Å². The van der Waals surface area contributed by atoms with Crippen LogP contribution in [0.25, 0.3) is 0 Å². The molecule has 1 aliphatic heterocycles. The number of anilines is 2. The van der Waals surface area contributed by atoms with Gasteiger partial charge in [-0.05, 0) is 42.3 Å². The van der Waals surface area contributed by atoms with Crippen LogP contribution in [0.3, 0.4) is 0 Å². The average molecular weight is 412 g/mol. The van der Waals surface area contributed by atoms with Crippen LogP contribution in [0.15, 0.2) is 48.8 Å². The number of carbonyl (C=O) groups excluding carboxylic acids is 2. The summed E-state index contributed by atoms with van der Waals surface area (Å²) in [4.78, 5) is 28.1. The van der Waals surface area contributed by atoms with Crippen molar-refractivity contribution in [2.45, 2.75) is 19.4 Å². The second-order valence-electron chi connectivity index (χ2n) is 6.61. The van der Waals surface area contributed by atoms with Gasteiger partial charge in [-0.1, -0.05) is 29.8 Å². The zero-order valence-electron chi connectivity index (χ0n) is 15.6. The van der Waals surface area contributed by atoms with Crippen molar-refractivity contribution in [3.63, 3.8) is 0 Å². The number of aromatic nitrogens is 3. The first kappa shape index (κ1) is 18.9. The Labute approximate surface area is 171 Å². The van der Waals surface area contributed by atoms with Crippen LogP contribution >= 0.6 is 11.6 Å². The lowest BCUT2D eigenvalue weighted by atomic mass is 10.0. The number of rotatable bonds is 5. The van der Waals surface area contributed by atoms with Crippen molar-refractivity contribution in [3.05, 3.63) is 64.9 Å². The fraction of sp³-hybridized carbons (Fsp3) is 0.200. The quantitative estimate of drug-likeness (QED) is 0.671. The molecule has 0 bridgehead atoms. The summed E-state index contributed by atoms with van der Waals surface area (Å²) in [6, 6.07) is 12.3. The van der Waals surface area contributed by atoms with Crippen molar-refractivity contribution in [2.24, 2.45) is 0 Å². The van der Waals surface area contributed by atoms with E-state index in [9.17, 15) is 9.59 Å². The van der Waals surface area contributed by atoms with Crippen LogP contribution < -0.4 is 15.4 Å². The Bertz CT molecular complexity index is 1060. The number of ether oxygens (including phenoxy) is 1. The third kappa shape index (κ3) is 4.07. The normalized spacial score (nSPS) is 15.4. The molecule has 1 atom stereocenters. The minimum atomic E-state index is -0.282. The second-order valence-corrected chi connectivity index (χ2v) is 7.02. The van der Waals surface area contributed by atoms with Gasteiger partial charge < -0.3 is 10.1 Å². The molecule has 3 aromatic rings. The largest absolute Gasteiger partial charge is 0.484 e. The topological polar surface area (TPSA) is 98.1 Å². The van der Waals surface area contributed by atoms with E-state index >= 15 is 0 Å². The Kier molecular flexibility index (Phi) is 5.18. The number of amides is 2. The van der Waals surface area contributed by atoms with E-state index in [-0.39, 0.29) is 30.9 Å². The van der Waals surface area contributed by atoms with Crippen molar-refractivity contribution in [3.8, 4) is 5.75 Å². The molecule has 0 unspecified atom stereocenters. The van der Waals surface area contributed by atoms with Gasteiger partial charge in [-0.3, -0.25) is 14.9 Å². The predicted molar refractivity (Wildman–Crippen MR) is 108 cm³/mol. The van der Waals surface area contributed by atoms with Crippen LogP contribution in [0.2, 0.25) is 5.02 Å². The van der Waals surface area contributed by atoms with Crippen LogP contribution in [0, 0.1) is 6.92 Å². The van der Waals surface area contributed by atoms with E-state index in [2.05, 4.69) is 20.7 Å². The zero-order valence-corrected chi connectivity index (χ0v) is 16.3. The standard InChI is InChI=1S/C20H18ClN5O3/c1-12-15(21)3-2-4-16(12)24-19(28)10-29-14-7-5-13(6-8-14)17-9-18(27)25-20-22-11-23-26(17)20/h2-8,11,17H,9-10H2,1H3,(H,24,28)(H,22,23,25,27)/t17-/m1/s1. The maximum Gasteiger partial charge on any atom is 0.262 e. The van der Waals surface area contributed by atoms with Gasteiger partial charge in [-0.15, -0.1) is 0 Å². The van der Waals surface area contributed by atoms with Gasteiger partial charge in [0, 0.05) is 10.7 Å². The molecule has 2 heterocycles. The van der Waals surface area contributed by atoms with Gasteiger partial charge in [0.15, 0.2) is 6.61 Å². The van der Waals surface area contributed by atoms with Gasteiger partial charge in [0.2, 0.25) is 11.9 Å². The minimum Gasteiger partial charge on any atom is -0.484 e. The van der Waals surface area contributed by atoms with Gasteiger partial charge in [-0.25, -0.2) is 4.68 Å². The van der Waals surface area contributed by atoms with E-state index in [0.29, 0.717) is 22.4 Å². The lowest BCUT2D eigenvalue weighted by molar-refractivity contribution is -0.118. The maximum absolute atomic E-state index is 12.2. The molecule has 4 rings (SSSR count). The van der Waals surface area contributed by atoms with Crippen molar-refractivity contribution >= 4 is 35.1 Å². The first-order valence-electron chi connectivity index (χ1n) is 8.98. The number of nitrogens with one attached hydrogen (secondary N) is 2. The molecule has 0 saturated carbocycles. The molecule has 0 saturated heterocycles. The molecular formula is C20H18ClN5O3. The minimum absolute atomic E-state index is 0.108. The van der Waals surface area contributed by atoms with Gasteiger partial charge in [-0.2, -0.15) is 10.1 Å². The average Bonchev–Trinajstić information content (AvgIpc) is 3.18. The second kappa shape index (κ2) is 7.92. The third-order valence-corrected chi connectivity index (χ3v) is 5.08. The number of benzene rings is 2. The highest BCUT2D eigenvalue weighted by atomic mass is 35.5. The lowest BCUT2D eigenvalue weighted by Crippen LogP contribution is -2.29. The van der Waals surface area contributed by atoms with Gasteiger partial charge in [0.1, 0.15) is 12.1 Å². The Morgan fingerprint density at radius 3 is 2.90 bits per heavy atom. The van der Waals surface area contributed by atoms with Crippen LogP contribution in [-0.4, -0.2) is 33.2 Å². The van der Waals surface area contributed by atoms with E-state index < -0.39 is 0 Å². The highest BCUT2D eigenvalue weighted by molar-refractivity contribution is 6.31. The number of hydrogen-bond acceptors (Lipinski definition) is 5. The van der Waals surface area contributed by atoms with Crippen LogP contribution in [-0.2, 0) is 9.59 Å².